The molecule has 14 heavy (non-hydrogen) atoms. The van der Waals surface area contributed by atoms with Gasteiger partial charge in [0.2, 0.25) is 8.24 Å². The Bertz CT molecular complexity index is 268. The molecule has 1 heterocycles. The number of halogens is 1. The van der Waals surface area contributed by atoms with E-state index in [0.29, 0.717) is 0 Å². The van der Waals surface area contributed by atoms with Crippen LogP contribution in [-0.4, -0.2) is 20.8 Å². The van der Waals surface area contributed by atoms with Gasteiger partial charge in [0, 0.05) is 6.07 Å². The first kappa shape index (κ1) is 14.1. The van der Waals surface area contributed by atoms with E-state index in [-0.39, 0.29) is 17.0 Å². The van der Waals surface area contributed by atoms with Crippen LogP contribution in [0.3, 0.4) is 0 Å². The van der Waals surface area contributed by atoms with E-state index in [0.717, 1.165) is 0 Å². The Morgan fingerprint density at radius 3 is 1.79 bits per heavy atom. The maximum Gasteiger partial charge on any atom is 0.379 e. The van der Waals surface area contributed by atoms with Gasteiger partial charge in [-0.05, 0) is 39.3 Å². The molecule has 1 aromatic rings. The molecule has 5 heteroatoms. The van der Waals surface area contributed by atoms with Crippen molar-refractivity contribution in [3.63, 3.8) is 0 Å². The van der Waals surface area contributed by atoms with Crippen molar-refractivity contribution in [3.05, 3.63) is 18.5 Å². The van der Waals surface area contributed by atoms with Crippen molar-refractivity contribution in [2.45, 2.75) is 39.3 Å². The third-order valence-electron chi connectivity index (χ3n) is 2.06. The average Bonchev–Trinajstić information content (AvgIpc) is 2.27. The predicted molar refractivity (Wildman–Crippen MR) is 62.1 cm³/mol. The first-order valence-corrected chi connectivity index (χ1v) is 11.7. The van der Waals surface area contributed by atoms with E-state index in [1.165, 1.54) is 0 Å². The second kappa shape index (κ2) is 4.32. The van der Waals surface area contributed by atoms with Gasteiger partial charge >= 0.3 is 8.24 Å². The number of nitrogens with zero attached hydrogens (tertiary/aromatic N) is 2. The molecule has 0 aliphatic heterocycles. The van der Waals surface area contributed by atoms with E-state index < -0.39 is 16.5 Å². The molecule has 0 fully saturated rings. The zero-order chi connectivity index (χ0) is 10.3. The Balaban J connectivity index is 0.00000169. The molecule has 0 saturated carbocycles. The molecule has 0 spiro atoms. The van der Waals surface area contributed by atoms with Crippen LogP contribution in [0.2, 0.25) is 39.3 Å². The molecular weight excluding hydrogens is 272 g/mol. The van der Waals surface area contributed by atoms with Gasteiger partial charge in [-0.15, -0.1) is 0 Å². The zero-order valence-electron chi connectivity index (χ0n) is 10.0. The van der Waals surface area contributed by atoms with E-state index in [1.807, 2.05) is 0 Å². The van der Waals surface area contributed by atoms with Crippen LogP contribution in [0.15, 0.2) is 18.5 Å². The lowest BCUT2D eigenvalue weighted by molar-refractivity contribution is -0.623. The molecule has 0 aromatic carbocycles. The van der Waals surface area contributed by atoms with Gasteiger partial charge in [-0.25, -0.2) is 4.35 Å². The fraction of sp³-hybridized carbons (Fsp3) is 0.667. The van der Waals surface area contributed by atoms with Crippen LogP contribution in [0.1, 0.15) is 0 Å². The van der Waals surface area contributed by atoms with Crippen LogP contribution >= 0.6 is 0 Å². The van der Waals surface area contributed by atoms with Crippen molar-refractivity contribution in [3.8, 4) is 0 Å². The van der Waals surface area contributed by atoms with Crippen LogP contribution in [0.5, 0.6) is 0 Å². The third kappa shape index (κ3) is 3.06. The quantitative estimate of drug-likeness (QED) is 0.628. The van der Waals surface area contributed by atoms with Crippen molar-refractivity contribution >= 4 is 16.5 Å². The van der Waals surface area contributed by atoms with Crippen LogP contribution in [0, 0.1) is 0 Å². The number of hydrogen-bond acceptors (Lipinski definition) is 0. The van der Waals surface area contributed by atoms with E-state index >= 15 is 0 Å². The molecule has 1 aromatic heterocycles. The molecule has 82 valence electrons. The second-order valence-electron chi connectivity index (χ2n) is 5.52. The normalized spacial score (nSPS) is 12.4. The Hall–Kier alpha value is 0.124. The Morgan fingerprint density at radius 1 is 1.00 bits per heavy atom. The highest BCUT2D eigenvalue weighted by Gasteiger charge is 2.35. The van der Waals surface area contributed by atoms with Crippen LogP contribution in [0.25, 0.3) is 0 Å². The molecule has 0 N–H and O–H groups in total. The Labute approximate surface area is 99.9 Å². The highest BCUT2D eigenvalue weighted by Crippen LogP contribution is 2.05. The number of rotatable bonds is 2. The van der Waals surface area contributed by atoms with Crippen molar-refractivity contribution < 1.29 is 21.3 Å². The van der Waals surface area contributed by atoms with E-state index in [2.05, 4.69) is 66.4 Å². The lowest BCUT2D eigenvalue weighted by Crippen LogP contribution is -3.00. The molecule has 1 rings (SSSR count). The van der Waals surface area contributed by atoms with Gasteiger partial charge in [0.05, 0.1) is 6.20 Å². The summed E-state index contributed by atoms with van der Waals surface area (Å²) in [5.41, 5.74) is 0. The lowest BCUT2D eigenvalue weighted by atomic mass is 10.8. The molecule has 2 nitrogen and oxygen atoms in total. The van der Waals surface area contributed by atoms with E-state index in [4.69, 9.17) is 0 Å². The third-order valence-corrected chi connectivity index (χ3v) is 5.74. The summed E-state index contributed by atoms with van der Waals surface area (Å²) in [7, 11) is -2.44. The van der Waals surface area contributed by atoms with Crippen molar-refractivity contribution in [1.29, 1.82) is 0 Å². The molecule has 0 saturated heterocycles. The van der Waals surface area contributed by atoms with Gasteiger partial charge in [-0.3, -0.25) is 0 Å². The smallest absolute Gasteiger partial charge is 0.379 e. The summed E-state index contributed by atoms with van der Waals surface area (Å²) in [5.74, 6) is 0. The van der Waals surface area contributed by atoms with Gasteiger partial charge < -0.3 is 17.0 Å². The van der Waals surface area contributed by atoms with E-state index in [9.17, 15) is 0 Å². The topological polar surface area (TPSA) is 8.81 Å². The minimum atomic E-state index is -1.22. The van der Waals surface area contributed by atoms with Crippen LogP contribution < -0.4 is 21.3 Å². The summed E-state index contributed by atoms with van der Waals surface area (Å²) in [6.07, 6.45) is 4.45. The number of hydrogen-bond donors (Lipinski definition) is 0. The summed E-state index contributed by atoms with van der Waals surface area (Å²) >= 11 is 0. The average molecular weight is 293 g/mol. The van der Waals surface area contributed by atoms with E-state index in [1.54, 1.807) is 0 Å². The summed E-state index contributed by atoms with van der Waals surface area (Å²) in [6, 6.07) is 2.16. The summed E-state index contributed by atoms with van der Waals surface area (Å²) < 4.78 is 4.94. The minimum Gasteiger partial charge on any atom is -1.00 e. The molecule has 0 aliphatic carbocycles. The molecule has 0 aliphatic rings. The SMILES string of the molecule is C[Si](C)(C)n1ccc[n+]1[Si](C)(C)C.[Br-]. The van der Waals surface area contributed by atoms with Gasteiger partial charge in [-0.2, -0.15) is 4.35 Å². The molecule has 0 radical (unpaired) electrons. The predicted octanol–water partition coefficient (Wildman–Crippen LogP) is -0.854. The largest absolute Gasteiger partial charge is 1.00 e. The molecule has 0 amide bonds. The molecule has 0 unspecified atom stereocenters. The summed E-state index contributed by atoms with van der Waals surface area (Å²) in [5, 5.41) is 0. The van der Waals surface area contributed by atoms with Gasteiger partial charge in [-0.1, -0.05) is 0 Å². The van der Waals surface area contributed by atoms with Gasteiger partial charge in [0.1, 0.15) is 0 Å². The molecule has 0 bridgehead atoms. The molecular formula is C9H21BrN2Si2. The Morgan fingerprint density at radius 2 is 1.50 bits per heavy atom. The fourth-order valence-corrected chi connectivity index (χ4v) is 5.73. The summed E-state index contributed by atoms with van der Waals surface area (Å²) in [6.45, 7) is 14.3. The summed E-state index contributed by atoms with van der Waals surface area (Å²) in [4.78, 5) is 0. The first-order valence-electron chi connectivity index (χ1n) is 4.83. The van der Waals surface area contributed by atoms with Gasteiger partial charge in [0.15, 0.2) is 6.20 Å². The van der Waals surface area contributed by atoms with Crippen LogP contribution in [-0.2, 0) is 0 Å². The second-order valence-corrected chi connectivity index (χ2v) is 15.1. The monoisotopic (exact) mass is 292 g/mol. The maximum absolute atomic E-state index is 2.47. The molecule has 0 atom stereocenters. The lowest BCUT2D eigenvalue weighted by Gasteiger charge is -2.21. The minimum absolute atomic E-state index is 0. The Kier molecular flexibility index (Phi) is 4.36. The highest BCUT2D eigenvalue weighted by atomic mass is 79.9. The highest BCUT2D eigenvalue weighted by molar-refractivity contribution is 6.74. The van der Waals surface area contributed by atoms with Crippen molar-refractivity contribution in [1.82, 2.24) is 4.35 Å². The first-order chi connectivity index (χ1) is 5.73. The zero-order valence-corrected chi connectivity index (χ0v) is 13.6. The fourth-order valence-electron chi connectivity index (χ4n) is 1.44. The standard InChI is InChI=1S/C9H21N2Si2.BrH/c1-12(2,3)10-8-7-9-11(10)13(4,5)6;/h7-9H,1-6H3;1H/q+1;/p-1. The number of aromatic nitrogens is 2. The van der Waals surface area contributed by atoms with Crippen molar-refractivity contribution in [2.75, 3.05) is 0 Å². The van der Waals surface area contributed by atoms with Gasteiger partial charge in [0.25, 0.3) is 0 Å². The van der Waals surface area contributed by atoms with Crippen LogP contribution in [0.4, 0.5) is 0 Å². The van der Waals surface area contributed by atoms with Crippen molar-refractivity contribution in [2.24, 2.45) is 0 Å². The maximum atomic E-state index is 2.47.